The molecule has 4 heteroatoms. The van der Waals surface area contributed by atoms with Crippen LogP contribution in [0.15, 0.2) is 94.7 Å². The molecule has 1 aliphatic rings. The van der Waals surface area contributed by atoms with Crippen molar-refractivity contribution in [1.29, 1.82) is 0 Å². The Bertz CT molecular complexity index is 1480. The summed E-state index contributed by atoms with van der Waals surface area (Å²) in [6.07, 6.45) is 0. The number of carbonyl (C=O) groups excluding carboxylic acids is 1. The van der Waals surface area contributed by atoms with Gasteiger partial charge in [-0.05, 0) is 41.5 Å². The summed E-state index contributed by atoms with van der Waals surface area (Å²) in [4.78, 5) is 15.7. The van der Waals surface area contributed by atoms with Crippen LogP contribution in [0.5, 0.6) is 0 Å². The maximum absolute atomic E-state index is 13.3. The number of ether oxygens (including phenoxy) is 1. The van der Waals surface area contributed by atoms with E-state index in [1.165, 1.54) is 15.2 Å². The molecule has 1 aliphatic heterocycles. The van der Waals surface area contributed by atoms with Crippen LogP contribution in [0.1, 0.15) is 17.3 Å². The first kappa shape index (κ1) is 18.3. The van der Waals surface area contributed by atoms with Crippen LogP contribution in [0.25, 0.3) is 38.6 Å². The highest BCUT2D eigenvalue weighted by atomic mass is 32.2. The zero-order valence-electron chi connectivity index (χ0n) is 17.0. The molecule has 2 heterocycles. The monoisotopic (exact) mass is 421 g/mol. The molecule has 6 rings (SSSR count). The van der Waals surface area contributed by atoms with E-state index in [9.17, 15) is 4.79 Å². The number of benzene rings is 4. The number of hydrogen-bond acceptors (Lipinski definition) is 3. The Morgan fingerprint density at radius 2 is 1.65 bits per heavy atom. The highest BCUT2D eigenvalue weighted by Crippen LogP contribution is 2.50. The zero-order chi connectivity index (χ0) is 20.9. The van der Waals surface area contributed by atoms with Crippen LogP contribution >= 0.6 is 11.8 Å². The lowest BCUT2D eigenvalue weighted by Gasteiger charge is -2.22. The molecule has 0 N–H and O–H groups in total. The molecule has 0 aliphatic carbocycles. The summed E-state index contributed by atoms with van der Waals surface area (Å²) in [5.41, 5.74) is 4.68. The topological polar surface area (TPSA) is 31.2 Å². The summed E-state index contributed by atoms with van der Waals surface area (Å²) in [6.45, 7) is 2.19. The van der Waals surface area contributed by atoms with Gasteiger partial charge in [0.15, 0.2) is 0 Å². The molecule has 150 valence electrons. The van der Waals surface area contributed by atoms with E-state index >= 15 is 0 Å². The van der Waals surface area contributed by atoms with E-state index in [0.29, 0.717) is 12.2 Å². The second kappa shape index (κ2) is 7.03. The number of aromatic nitrogens is 1. The third kappa shape index (κ3) is 2.65. The first-order valence-electron chi connectivity index (χ1n) is 10.4. The van der Waals surface area contributed by atoms with Crippen molar-refractivity contribution in [3.63, 3.8) is 0 Å². The molecule has 31 heavy (non-hydrogen) atoms. The molecule has 0 fully saturated rings. The number of esters is 1. The van der Waals surface area contributed by atoms with Gasteiger partial charge in [0.05, 0.1) is 29.1 Å². The van der Waals surface area contributed by atoms with Crippen molar-refractivity contribution in [1.82, 2.24) is 4.57 Å². The van der Waals surface area contributed by atoms with Crippen molar-refractivity contribution in [2.45, 2.75) is 16.7 Å². The molecular formula is C27H19NO2S. The van der Waals surface area contributed by atoms with Crippen LogP contribution < -0.4 is 0 Å². The van der Waals surface area contributed by atoms with Gasteiger partial charge in [0.2, 0.25) is 0 Å². The predicted molar refractivity (Wildman–Crippen MR) is 126 cm³/mol. The zero-order valence-corrected chi connectivity index (χ0v) is 17.8. The SMILES string of the molecule is CCOC(=O)c1c(-c2ccccc2)n2c3c(c4ccccc4cc13)Sc1ccccc1-2. The van der Waals surface area contributed by atoms with Crippen LogP contribution in [0.3, 0.4) is 0 Å². The fourth-order valence-electron chi connectivity index (χ4n) is 4.53. The van der Waals surface area contributed by atoms with Gasteiger partial charge in [-0.15, -0.1) is 0 Å². The van der Waals surface area contributed by atoms with E-state index < -0.39 is 0 Å². The molecular weight excluding hydrogens is 402 g/mol. The number of carbonyl (C=O) groups is 1. The second-order valence-electron chi connectivity index (χ2n) is 7.54. The minimum atomic E-state index is -0.282. The van der Waals surface area contributed by atoms with Gasteiger partial charge in [-0.2, -0.15) is 0 Å². The van der Waals surface area contributed by atoms with Crippen molar-refractivity contribution < 1.29 is 9.53 Å². The normalized spacial score (nSPS) is 12.2. The van der Waals surface area contributed by atoms with Gasteiger partial charge in [0.25, 0.3) is 0 Å². The third-order valence-electron chi connectivity index (χ3n) is 5.77. The fraction of sp³-hybridized carbons (Fsp3) is 0.0741. The van der Waals surface area contributed by atoms with Gasteiger partial charge in [-0.25, -0.2) is 4.79 Å². The van der Waals surface area contributed by atoms with Gasteiger partial charge < -0.3 is 9.30 Å². The summed E-state index contributed by atoms with van der Waals surface area (Å²) in [5, 5.41) is 3.26. The highest BCUT2D eigenvalue weighted by molar-refractivity contribution is 8.00. The van der Waals surface area contributed by atoms with Crippen LogP contribution in [0.4, 0.5) is 0 Å². The summed E-state index contributed by atoms with van der Waals surface area (Å²) in [5.74, 6) is -0.282. The minimum absolute atomic E-state index is 0.282. The molecule has 5 aromatic rings. The summed E-state index contributed by atoms with van der Waals surface area (Å²) in [6, 6.07) is 29.1. The summed E-state index contributed by atoms with van der Waals surface area (Å²) < 4.78 is 7.81. The van der Waals surface area contributed by atoms with E-state index in [0.717, 1.165) is 33.2 Å². The maximum atomic E-state index is 13.3. The van der Waals surface area contributed by atoms with E-state index in [1.54, 1.807) is 11.8 Å². The largest absolute Gasteiger partial charge is 0.462 e. The van der Waals surface area contributed by atoms with Crippen LogP contribution in [-0.2, 0) is 4.74 Å². The van der Waals surface area contributed by atoms with E-state index in [4.69, 9.17) is 4.74 Å². The van der Waals surface area contributed by atoms with Crippen molar-refractivity contribution in [3.05, 3.63) is 90.5 Å². The van der Waals surface area contributed by atoms with Crippen LogP contribution in [-0.4, -0.2) is 17.1 Å². The fourth-order valence-corrected chi connectivity index (χ4v) is 5.75. The second-order valence-corrected chi connectivity index (χ2v) is 8.59. The van der Waals surface area contributed by atoms with E-state index in [2.05, 4.69) is 65.2 Å². The lowest BCUT2D eigenvalue weighted by Crippen LogP contribution is -2.08. The Balaban J connectivity index is 1.87. The van der Waals surface area contributed by atoms with Crippen molar-refractivity contribution in [2.24, 2.45) is 0 Å². The molecule has 0 atom stereocenters. The predicted octanol–water partition coefficient (Wildman–Crippen LogP) is 7.09. The lowest BCUT2D eigenvalue weighted by molar-refractivity contribution is 0.0529. The maximum Gasteiger partial charge on any atom is 0.340 e. The molecule has 0 saturated carbocycles. The Morgan fingerprint density at radius 1 is 0.903 bits per heavy atom. The van der Waals surface area contributed by atoms with E-state index in [1.807, 2.05) is 31.2 Å². The van der Waals surface area contributed by atoms with Crippen LogP contribution in [0.2, 0.25) is 0 Å². The molecule has 3 nitrogen and oxygen atoms in total. The van der Waals surface area contributed by atoms with Gasteiger partial charge >= 0.3 is 5.97 Å². The van der Waals surface area contributed by atoms with Crippen molar-refractivity contribution >= 4 is 39.4 Å². The molecule has 4 aromatic carbocycles. The number of para-hydroxylation sites is 1. The van der Waals surface area contributed by atoms with Gasteiger partial charge in [0, 0.05) is 15.2 Å². The Kier molecular flexibility index (Phi) is 4.15. The number of nitrogens with zero attached hydrogens (tertiary/aromatic N) is 1. The molecule has 0 saturated heterocycles. The average molecular weight is 422 g/mol. The summed E-state index contributed by atoms with van der Waals surface area (Å²) >= 11 is 1.77. The first-order chi connectivity index (χ1) is 15.3. The number of fused-ring (bicyclic) bond motifs is 4. The number of rotatable bonds is 3. The average Bonchev–Trinajstić information content (AvgIpc) is 3.16. The van der Waals surface area contributed by atoms with Crippen molar-refractivity contribution in [2.75, 3.05) is 6.61 Å². The van der Waals surface area contributed by atoms with Gasteiger partial charge in [0.1, 0.15) is 0 Å². The standard InChI is InChI=1S/C27H19NO2S/c1-2-30-27(29)23-20-16-18-12-6-7-13-19(18)26-25(20)28(21-14-8-9-15-22(21)31-26)24(23)17-10-4-3-5-11-17/h3-16H,2H2,1H3. The van der Waals surface area contributed by atoms with Gasteiger partial charge in [-0.1, -0.05) is 78.5 Å². The molecule has 0 unspecified atom stereocenters. The molecule has 0 amide bonds. The lowest BCUT2D eigenvalue weighted by atomic mass is 10.0. The molecule has 0 bridgehead atoms. The Labute approximate surface area is 184 Å². The van der Waals surface area contributed by atoms with Crippen LogP contribution in [0, 0.1) is 0 Å². The molecule has 1 aromatic heterocycles. The smallest absolute Gasteiger partial charge is 0.340 e. The highest BCUT2D eigenvalue weighted by Gasteiger charge is 2.31. The Hall–Kier alpha value is -3.50. The molecule has 0 radical (unpaired) electrons. The summed E-state index contributed by atoms with van der Waals surface area (Å²) in [7, 11) is 0. The quantitative estimate of drug-likeness (QED) is 0.286. The molecule has 0 spiro atoms. The minimum Gasteiger partial charge on any atom is -0.462 e. The number of hydrogen-bond donors (Lipinski definition) is 0. The first-order valence-corrected chi connectivity index (χ1v) is 11.2. The Morgan fingerprint density at radius 3 is 2.48 bits per heavy atom. The van der Waals surface area contributed by atoms with Gasteiger partial charge in [-0.3, -0.25) is 0 Å². The van der Waals surface area contributed by atoms with Crippen molar-refractivity contribution in [3.8, 4) is 16.9 Å². The third-order valence-corrected chi connectivity index (χ3v) is 6.96. The van der Waals surface area contributed by atoms with E-state index in [-0.39, 0.29) is 5.97 Å².